The molecule has 2 rings (SSSR count). The van der Waals surface area contributed by atoms with E-state index in [1.807, 2.05) is 18.2 Å². The number of Topliss-reactive ketones (excluding diaryl/α,β-unsaturated/α-hetero) is 1. The zero-order valence-electron chi connectivity index (χ0n) is 10.7. The minimum atomic E-state index is -1.29. The first-order valence-corrected chi connectivity index (χ1v) is 6.53. The average molecular weight is 268 g/mol. The molecular formula is C14H18ClNO2. The Balaban J connectivity index is 2.55. The van der Waals surface area contributed by atoms with Crippen molar-refractivity contribution >= 4 is 17.4 Å². The summed E-state index contributed by atoms with van der Waals surface area (Å²) in [7, 11) is 1.74. The molecule has 0 saturated heterocycles. The molecule has 2 atom stereocenters. The Hall–Kier alpha value is -0.900. The van der Waals surface area contributed by atoms with Crippen LogP contribution in [-0.4, -0.2) is 23.5 Å². The van der Waals surface area contributed by atoms with Crippen LogP contribution in [0.2, 0.25) is 5.02 Å². The summed E-state index contributed by atoms with van der Waals surface area (Å²) in [6.07, 6.45) is 1.94. The number of hydrogen-bond acceptors (Lipinski definition) is 3. The summed E-state index contributed by atoms with van der Waals surface area (Å²) in [5, 5.41) is 13.9. The molecular weight excluding hydrogens is 250 g/mol. The number of hydrogen-bond donors (Lipinski definition) is 2. The van der Waals surface area contributed by atoms with Gasteiger partial charge in [0.2, 0.25) is 0 Å². The number of nitrogens with one attached hydrogen (secondary N) is 1. The molecule has 0 radical (unpaired) electrons. The molecule has 1 aliphatic carbocycles. The van der Waals surface area contributed by atoms with Crippen LogP contribution in [0.4, 0.5) is 0 Å². The topological polar surface area (TPSA) is 49.3 Å². The number of halogens is 1. The molecule has 0 unspecified atom stereocenters. The third-order valence-electron chi connectivity index (χ3n) is 3.85. The quantitative estimate of drug-likeness (QED) is 0.864. The summed E-state index contributed by atoms with van der Waals surface area (Å²) >= 11 is 6.21. The predicted molar refractivity (Wildman–Crippen MR) is 71.7 cm³/mol. The molecule has 18 heavy (non-hydrogen) atoms. The van der Waals surface area contributed by atoms with E-state index in [0.29, 0.717) is 17.9 Å². The van der Waals surface area contributed by atoms with Crippen LogP contribution in [0.15, 0.2) is 24.3 Å². The fourth-order valence-corrected chi connectivity index (χ4v) is 3.12. The molecule has 0 aliphatic heterocycles. The van der Waals surface area contributed by atoms with E-state index in [0.717, 1.165) is 12.0 Å². The van der Waals surface area contributed by atoms with Gasteiger partial charge in [-0.25, -0.2) is 0 Å². The lowest BCUT2D eigenvalue weighted by Crippen LogP contribution is -2.59. The van der Waals surface area contributed by atoms with E-state index >= 15 is 0 Å². The second-order valence-corrected chi connectivity index (χ2v) is 5.50. The fraction of sp³-hybridized carbons (Fsp3) is 0.500. The minimum Gasteiger partial charge on any atom is -0.382 e. The Morgan fingerprint density at radius 2 is 2.00 bits per heavy atom. The lowest BCUT2D eigenvalue weighted by molar-refractivity contribution is -0.148. The minimum absolute atomic E-state index is 0.197. The Kier molecular flexibility index (Phi) is 3.49. The summed E-state index contributed by atoms with van der Waals surface area (Å²) in [5.41, 5.74) is -1.42. The van der Waals surface area contributed by atoms with Gasteiger partial charge in [0.1, 0.15) is 11.1 Å². The van der Waals surface area contributed by atoms with Gasteiger partial charge in [-0.15, -0.1) is 0 Å². The van der Waals surface area contributed by atoms with Crippen LogP contribution in [0, 0.1) is 0 Å². The highest BCUT2D eigenvalue weighted by molar-refractivity contribution is 6.31. The van der Waals surface area contributed by atoms with Gasteiger partial charge >= 0.3 is 0 Å². The van der Waals surface area contributed by atoms with Crippen molar-refractivity contribution in [3.8, 4) is 0 Å². The van der Waals surface area contributed by atoms with Crippen LogP contribution >= 0.6 is 11.6 Å². The largest absolute Gasteiger partial charge is 0.382 e. The SMILES string of the molecule is CN[C@@]1(c2ccccc2Cl)CCC[C@@](C)(O)C1=O. The average Bonchev–Trinajstić information content (AvgIpc) is 2.34. The maximum absolute atomic E-state index is 12.6. The van der Waals surface area contributed by atoms with E-state index in [1.165, 1.54) is 0 Å². The lowest BCUT2D eigenvalue weighted by Gasteiger charge is -2.42. The summed E-state index contributed by atoms with van der Waals surface area (Å²) in [5.74, 6) is -0.197. The van der Waals surface area contributed by atoms with Crippen LogP contribution in [0.5, 0.6) is 0 Å². The zero-order valence-corrected chi connectivity index (χ0v) is 11.4. The number of likely N-dealkylation sites (N-methyl/N-ethyl adjacent to an activating group) is 1. The maximum atomic E-state index is 12.6. The number of rotatable bonds is 2. The molecule has 4 heteroatoms. The summed E-state index contributed by atoms with van der Waals surface area (Å²) < 4.78 is 0. The van der Waals surface area contributed by atoms with E-state index in [9.17, 15) is 9.90 Å². The van der Waals surface area contributed by atoms with Crippen molar-refractivity contribution in [3.63, 3.8) is 0 Å². The molecule has 2 N–H and O–H groups in total. The van der Waals surface area contributed by atoms with Crippen LogP contribution < -0.4 is 5.32 Å². The smallest absolute Gasteiger partial charge is 0.188 e. The van der Waals surface area contributed by atoms with Gasteiger partial charge in [0.25, 0.3) is 0 Å². The highest BCUT2D eigenvalue weighted by atomic mass is 35.5. The van der Waals surface area contributed by atoms with E-state index < -0.39 is 11.1 Å². The van der Waals surface area contributed by atoms with Crippen LogP contribution in [-0.2, 0) is 10.3 Å². The van der Waals surface area contributed by atoms with E-state index in [1.54, 1.807) is 20.0 Å². The summed E-state index contributed by atoms with van der Waals surface area (Å²) in [4.78, 5) is 12.6. The lowest BCUT2D eigenvalue weighted by atomic mass is 9.69. The molecule has 98 valence electrons. The van der Waals surface area contributed by atoms with Crippen molar-refractivity contribution in [3.05, 3.63) is 34.9 Å². The van der Waals surface area contributed by atoms with Gasteiger partial charge in [0.05, 0.1) is 0 Å². The van der Waals surface area contributed by atoms with Crippen LogP contribution in [0.3, 0.4) is 0 Å². The zero-order chi connectivity index (χ0) is 13.4. The first-order valence-electron chi connectivity index (χ1n) is 6.15. The Labute approximate surface area is 112 Å². The predicted octanol–water partition coefficient (Wildman–Crippen LogP) is 2.26. The maximum Gasteiger partial charge on any atom is 0.188 e. The highest BCUT2D eigenvalue weighted by Gasteiger charge is 2.51. The van der Waals surface area contributed by atoms with Gasteiger partial charge < -0.3 is 10.4 Å². The molecule has 1 aromatic rings. The van der Waals surface area contributed by atoms with Crippen LogP contribution in [0.1, 0.15) is 31.7 Å². The number of carbonyl (C=O) groups excluding carboxylic acids is 1. The van der Waals surface area contributed by atoms with Gasteiger partial charge in [-0.3, -0.25) is 4.79 Å². The van der Waals surface area contributed by atoms with Crippen molar-refractivity contribution in [2.45, 2.75) is 37.3 Å². The second kappa shape index (κ2) is 4.65. The number of carbonyl (C=O) groups is 1. The third-order valence-corrected chi connectivity index (χ3v) is 4.18. The monoisotopic (exact) mass is 267 g/mol. The third kappa shape index (κ3) is 1.96. The fourth-order valence-electron chi connectivity index (χ4n) is 2.82. The van der Waals surface area contributed by atoms with E-state index in [2.05, 4.69) is 5.32 Å². The molecule has 0 heterocycles. The molecule has 0 amide bonds. The van der Waals surface area contributed by atoms with Gasteiger partial charge in [-0.1, -0.05) is 29.8 Å². The molecule has 1 aromatic carbocycles. The van der Waals surface area contributed by atoms with Crippen molar-refractivity contribution in [2.24, 2.45) is 0 Å². The molecule has 1 aliphatic rings. The highest BCUT2D eigenvalue weighted by Crippen LogP contribution is 2.41. The first kappa shape index (κ1) is 13.5. The molecule has 1 fully saturated rings. The Morgan fingerprint density at radius 1 is 1.33 bits per heavy atom. The molecule has 0 spiro atoms. The first-order chi connectivity index (χ1) is 8.44. The normalized spacial score (nSPS) is 32.6. The van der Waals surface area contributed by atoms with E-state index in [-0.39, 0.29) is 5.78 Å². The second-order valence-electron chi connectivity index (χ2n) is 5.09. The number of aliphatic hydroxyl groups is 1. The Morgan fingerprint density at radius 3 is 2.61 bits per heavy atom. The van der Waals surface area contributed by atoms with Gasteiger partial charge in [0, 0.05) is 5.02 Å². The summed E-state index contributed by atoms with van der Waals surface area (Å²) in [6, 6.07) is 7.31. The van der Waals surface area contributed by atoms with Gasteiger partial charge in [-0.05, 0) is 44.9 Å². The molecule has 0 bridgehead atoms. The van der Waals surface area contributed by atoms with Crippen molar-refractivity contribution in [1.82, 2.24) is 5.32 Å². The van der Waals surface area contributed by atoms with Crippen molar-refractivity contribution < 1.29 is 9.90 Å². The molecule has 0 aromatic heterocycles. The van der Waals surface area contributed by atoms with Gasteiger partial charge in [0.15, 0.2) is 5.78 Å². The number of benzene rings is 1. The van der Waals surface area contributed by atoms with E-state index in [4.69, 9.17) is 11.6 Å². The molecule has 1 saturated carbocycles. The number of ketones is 1. The van der Waals surface area contributed by atoms with Crippen molar-refractivity contribution in [1.29, 1.82) is 0 Å². The Bertz CT molecular complexity index is 473. The van der Waals surface area contributed by atoms with Crippen LogP contribution in [0.25, 0.3) is 0 Å². The van der Waals surface area contributed by atoms with Crippen molar-refractivity contribution in [2.75, 3.05) is 7.05 Å². The van der Waals surface area contributed by atoms with Gasteiger partial charge in [-0.2, -0.15) is 0 Å². The molecule has 3 nitrogen and oxygen atoms in total. The summed E-state index contributed by atoms with van der Waals surface area (Å²) in [6.45, 7) is 1.58. The standard InChI is InChI=1S/C14H18ClNO2/c1-13(18)8-5-9-14(16-2,12(13)17)10-6-3-4-7-11(10)15/h3-4,6-7,16,18H,5,8-9H2,1-2H3/t13-,14-/m1/s1.